The van der Waals surface area contributed by atoms with Crippen molar-refractivity contribution in [1.82, 2.24) is 9.97 Å². The van der Waals surface area contributed by atoms with Gasteiger partial charge in [-0.25, -0.2) is 0 Å². The van der Waals surface area contributed by atoms with Crippen LogP contribution >= 0.6 is 0 Å². The lowest BCUT2D eigenvalue weighted by atomic mass is 9.81. The quantitative estimate of drug-likeness (QED) is 0.133. The first-order valence-corrected chi connectivity index (χ1v) is 20.6. The highest BCUT2D eigenvalue weighted by atomic mass is 15.2. The maximum atomic E-state index is 4.75. The summed E-state index contributed by atoms with van der Waals surface area (Å²) in [4.78, 5) is 12.1. The predicted octanol–water partition coefficient (Wildman–Crippen LogP) is 14.2. The molecule has 0 bridgehead atoms. The number of hydrogen-bond acceptors (Lipinski definition) is 3. The second-order valence-electron chi connectivity index (χ2n) is 16.9. The number of rotatable bonds is 4. The summed E-state index contributed by atoms with van der Waals surface area (Å²) < 4.78 is 0. The fourth-order valence-electron chi connectivity index (χ4n) is 10.5. The maximum Gasteiger partial charge on any atom is 0.0971 e. The van der Waals surface area contributed by atoms with E-state index >= 15 is 0 Å². The van der Waals surface area contributed by atoms with Gasteiger partial charge in [-0.2, -0.15) is 0 Å². The van der Waals surface area contributed by atoms with Gasteiger partial charge in [0, 0.05) is 51.9 Å². The number of anilines is 2. The minimum atomic E-state index is -0.113. The molecule has 2 atom stereocenters. The average Bonchev–Trinajstić information content (AvgIpc) is 3.74. The monoisotopic (exact) mass is 743 g/mol. The van der Waals surface area contributed by atoms with Crippen molar-refractivity contribution >= 4 is 44.0 Å². The van der Waals surface area contributed by atoms with Crippen LogP contribution in [0, 0.1) is 0 Å². The van der Waals surface area contributed by atoms with Gasteiger partial charge in [-0.3, -0.25) is 9.97 Å². The van der Waals surface area contributed by atoms with E-state index < -0.39 is 0 Å². The number of benzene rings is 8. The Morgan fingerprint density at radius 3 is 1.91 bits per heavy atom. The second-order valence-corrected chi connectivity index (χ2v) is 16.9. The minimum absolute atomic E-state index is 0.113. The van der Waals surface area contributed by atoms with E-state index in [1.165, 1.54) is 89.8 Å². The highest BCUT2D eigenvalue weighted by molar-refractivity contribution is 6.23. The lowest BCUT2D eigenvalue weighted by molar-refractivity contribution is 0.565. The topological polar surface area (TPSA) is 29.0 Å². The standard InChI is InChI=1S/C55H41N3/c1-55(2)49-32-39(22-25-42(49)43-27-24-40(33-50(43)55)58-51-16-7-5-13-44(51)45-14-6-8-17-52(45)58)35-20-18-34(19-21-35)36-10-9-11-37(30-36)38-23-26-47-48(31-38)41-12-3-4-15-46(41)53-54(47)57-29-28-56-53/h3-7,9-16,18-33,45,52H,8,17H2,1-2H3. The number of nitrogens with zero attached hydrogens (tertiary/aromatic N) is 3. The Kier molecular flexibility index (Phi) is 7.23. The third-order valence-electron chi connectivity index (χ3n) is 13.4. The molecule has 0 N–H and O–H groups in total. The van der Waals surface area contributed by atoms with Gasteiger partial charge in [-0.05, 0) is 121 Å². The van der Waals surface area contributed by atoms with Gasteiger partial charge < -0.3 is 4.90 Å². The Morgan fingerprint density at radius 1 is 0.517 bits per heavy atom. The van der Waals surface area contributed by atoms with Crippen molar-refractivity contribution in [3.05, 3.63) is 193 Å². The van der Waals surface area contributed by atoms with E-state index in [1.807, 2.05) is 0 Å². The van der Waals surface area contributed by atoms with E-state index in [-0.39, 0.29) is 5.41 Å². The smallest absolute Gasteiger partial charge is 0.0971 e. The number of aromatic nitrogens is 2. The average molecular weight is 744 g/mol. The molecule has 58 heavy (non-hydrogen) atoms. The fraction of sp³-hybridized carbons (Fsp3) is 0.127. The van der Waals surface area contributed by atoms with E-state index in [4.69, 9.17) is 9.97 Å². The normalized spacial score (nSPS) is 17.4. The lowest BCUT2D eigenvalue weighted by Gasteiger charge is -2.32. The third-order valence-corrected chi connectivity index (χ3v) is 13.4. The van der Waals surface area contributed by atoms with Crippen LogP contribution in [-0.2, 0) is 5.41 Å². The molecule has 8 aromatic carbocycles. The van der Waals surface area contributed by atoms with Crippen molar-refractivity contribution in [2.24, 2.45) is 0 Å². The summed E-state index contributed by atoms with van der Waals surface area (Å²) >= 11 is 0. The van der Waals surface area contributed by atoms with Gasteiger partial charge in [0.1, 0.15) is 0 Å². The van der Waals surface area contributed by atoms with Crippen molar-refractivity contribution in [3.63, 3.8) is 0 Å². The number of para-hydroxylation sites is 1. The van der Waals surface area contributed by atoms with Crippen molar-refractivity contribution < 1.29 is 0 Å². The number of fused-ring (bicyclic) bond motifs is 12. The van der Waals surface area contributed by atoms with Crippen molar-refractivity contribution in [2.45, 2.75) is 44.1 Å². The molecule has 1 aromatic heterocycles. The van der Waals surface area contributed by atoms with Crippen LogP contribution in [0.4, 0.5) is 11.4 Å². The zero-order valence-electron chi connectivity index (χ0n) is 32.7. The third kappa shape index (κ3) is 4.92. The van der Waals surface area contributed by atoms with Gasteiger partial charge in [0.05, 0.1) is 11.0 Å². The highest BCUT2D eigenvalue weighted by Gasteiger charge is 2.41. The van der Waals surface area contributed by atoms with Crippen LogP contribution in [0.1, 0.15) is 49.3 Å². The molecule has 3 aliphatic rings. The highest BCUT2D eigenvalue weighted by Crippen LogP contribution is 2.54. The molecule has 0 fully saturated rings. The molecule has 2 unspecified atom stereocenters. The van der Waals surface area contributed by atoms with Crippen LogP contribution in [-0.4, -0.2) is 16.0 Å². The predicted molar refractivity (Wildman–Crippen MR) is 242 cm³/mol. The van der Waals surface area contributed by atoms with Crippen LogP contribution in [0.15, 0.2) is 176 Å². The first-order chi connectivity index (χ1) is 28.5. The molecule has 276 valence electrons. The summed E-state index contributed by atoms with van der Waals surface area (Å²) in [6, 6.07) is 57.1. The summed E-state index contributed by atoms with van der Waals surface area (Å²) in [5, 5.41) is 4.66. The molecule has 0 saturated carbocycles. The van der Waals surface area contributed by atoms with Gasteiger partial charge in [0.2, 0.25) is 0 Å². The molecule has 0 radical (unpaired) electrons. The van der Waals surface area contributed by atoms with Crippen molar-refractivity contribution in [3.8, 4) is 44.5 Å². The van der Waals surface area contributed by atoms with Crippen LogP contribution in [0.3, 0.4) is 0 Å². The Morgan fingerprint density at radius 2 is 1.12 bits per heavy atom. The summed E-state index contributed by atoms with van der Waals surface area (Å²) in [6.45, 7) is 4.80. The Labute approximate surface area is 339 Å². The summed E-state index contributed by atoms with van der Waals surface area (Å²) in [6.07, 6.45) is 10.7. The summed E-state index contributed by atoms with van der Waals surface area (Å²) in [7, 11) is 0. The Bertz CT molecular complexity index is 3140. The van der Waals surface area contributed by atoms with Gasteiger partial charge in [0.25, 0.3) is 0 Å². The van der Waals surface area contributed by atoms with Crippen LogP contribution in [0.25, 0.3) is 77.1 Å². The van der Waals surface area contributed by atoms with Crippen molar-refractivity contribution in [2.75, 3.05) is 4.90 Å². The first kappa shape index (κ1) is 33.3. The van der Waals surface area contributed by atoms with Gasteiger partial charge >= 0.3 is 0 Å². The zero-order valence-corrected chi connectivity index (χ0v) is 32.7. The Hall–Kier alpha value is -6.84. The lowest BCUT2D eigenvalue weighted by Crippen LogP contribution is -2.31. The molecule has 12 rings (SSSR count). The molecule has 0 amide bonds. The van der Waals surface area contributed by atoms with Crippen LogP contribution < -0.4 is 4.90 Å². The largest absolute Gasteiger partial charge is 0.337 e. The summed E-state index contributed by atoms with van der Waals surface area (Å²) in [5.74, 6) is 0.463. The first-order valence-electron chi connectivity index (χ1n) is 20.6. The van der Waals surface area contributed by atoms with E-state index in [0.29, 0.717) is 12.0 Å². The molecule has 9 aromatic rings. The van der Waals surface area contributed by atoms with E-state index in [0.717, 1.165) is 28.2 Å². The molecule has 2 heterocycles. The molecule has 0 spiro atoms. The van der Waals surface area contributed by atoms with Gasteiger partial charge in [0.15, 0.2) is 0 Å². The Balaban J connectivity index is 0.850. The number of allylic oxidation sites excluding steroid dienone is 1. The van der Waals surface area contributed by atoms with Crippen LogP contribution in [0.2, 0.25) is 0 Å². The summed E-state index contributed by atoms with van der Waals surface area (Å²) in [5.41, 5.74) is 18.7. The molecular formula is C55H41N3. The molecular weight excluding hydrogens is 703 g/mol. The molecule has 1 aliphatic heterocycles. The molecule has 3 nitrogen and oxygen atoms in total. The minimum Gasteiger partial charge on any atom is -0.337 e. The van der Waals surface area contributed by atoms with Gasteiger partial charge in [-0.1, -0.05) is 141 Å². The second kappa shape index (κ2) is 12.6. The van der Waals surface area contributed by atoms with Crippen molar-refractivity contribution in [1.29, 1.82) is 0 Å². The number of hydrogen-bond donors (Lipinski definition) is 0. The fourth-order valence-corrected chi connectivity index (χ4v) is 10.5. The van der Waals surface area contributed by atoms with E-state index in [2.05, 4.69) is 183 Å². The SMILES string of the molecule is CC1(C)c2cc(-c3ccc(-c4cccc(-c5ccc6c(c5)c5ccccc5c5nccnc65)c4)cc3)ccc2-c2ccc(N3c4ccccc4C4C=CCCC43)cc21. The molecule has 3 heteroatoms. The van der Waals surface area contributed by atoms with E-state index in [9.17, 15) is 0 Å². The van der Waals surface area contributed by atoms with E-state index in [1.54, 1.807) is 12.4 Å². The van der Waals surface area contributed by atoms with Crippen LogP contribution in [0.5, 0.6) is 0 Å². The molecule has 2 aliphatic carbocycles. The zero-order chi connectivity index (χ0) is 38.5. The van der Waals surface area contributed by atoms with Gasteiger partial charge in [-0.15, -0.1) is 0 Å². The molecule has 0 saturated heterocycles. The maximum absolute atomic E-state index is 4.75.